The molecule has 0 aliphatic heterocycles. The van der Waals surface area contributed by atoms with Crippen molar-refractivity contribution in [2.75, 3.05) is 12.9 Å². The molecule has 0 saturated carbocycles. The summed E-state index contributed by atoms with van der Waals surface area (Å²) in [5.41, 5.74) is 1.00. The Labute approximate surface area is 321 Å². The summed E-state index contributed by atoms with van der Waals surface area (Å²) in [5, 5.41) is 9.11. The number of rotatable bonds is 24. The van der Waals surface area contributed by atoms with Crippen LogP contribution < -0.4 is 6.15 Å². The van der Waals surface area contributed by atoms with Crippen molar-refractivity contribution in [3.63, 3.8) is 0 Å². The first kappa shape index (κ1) is 52.1. The lowest BCUT2D eigenvalue weighted by Gasteiger charge is -2.22. The lowest BCUT2D eigenvalue weighted by Crippen LogP contribution is -2.30. The number of ether oxygens (including phenoxy) is 4. The molecule has 54 heavy (non-hydrogen) atoms. The Hall–Kier alpha value is -4.01. The van der Waals surface area contributed by atoms with Crippen LogP contribution in [0.3, 0.4) is 0 Å². The van der Waals surface area contributed by atoms with Crippen molar-refractivity contribution in [2.45, 2.75) is 114 Å². The summed E-state index contributed by atoms with van der Waals surface area (Å²) in [4.78, 5) is 61.8. The number of carboxylic acid groups (broad SMARTS) is 1. The average molecular weight is 800 g/mol. The van der Waals surface area contributed by atoms with Gasteiger partial charge in [0.2, 0.25) is 0 Å². The minimum absolute atomic E-state index is 0. The van der Waals surface area contributed by atoms with Gasteiger partial charge in [-0.1, -0.05) is 56.3 Å². The largest absolute Gasteiger partial charge is 0.478 e. The molecule has 0 bridgehead atoms. The second-order valence-corrected chi connectivity index (χ2v) is 14.3. The Kier molecular flexibility index (Phi) is 26.6. The maximum Gasteiger partial charge on any atom is 0.335 e. The van der Waals surface area contributed by atoms with E-state index in [0.29, 0.717) is 19.3 Å². The number of hydrogen-bond acceptors (Lipinski definition) is 12. The van der Waals surface area contributed by atoms with E-state index in [1.807, 2.05) is 19.1 Å². The van der Waals surface area contributed by atoms with E-state index in [1.165, 1.54) is 38.3 Å². The SMILES string of the molecule is CCC=CCC(CC(C)=O)OC(=O)CC(CC)OC(=O)CC(CCS(=O)(=O)c1ccccc1)OC(=O)CC(CCc1ccc(C(=O)O)cc1)OC.N.O.P. The third kappa shape index (κ3) is 20.4. The molecule has 14 nitrogen and oxygen atoms in total. The van der Waals surface area contributed by atoms with E-state index < -0.39 is 70.3 Å². The number of Topliss-reactive ketones (excluding diaryl/α,β-unsaturated/α-hetero) is 1. The number of sulfone groups is 1. The second kappa shape index (κ2) is 27.6. The Balaban J connectivity index is 0. The van der Waals surface area contributed by atoms with Crippen LogP contribution in [-0.2, 0) is 54.4 Å². The Morgan fingerprint density at radius 3 is 1.80 bits per heavy atom. The van der Waals surface area contributed by atoms with Crippen molar-refractivity contribution in [3.05, 3.63) is 77.9 Å². The molecule has 5 unspecified atom stereocenters. The molecule has 304 valence electrons. The van der Waals surface area contributed by atoms with Gasteiger partial charge >= 0.3 is 23.9 Å². The number of esters is 3. The van der Waals surface area contributed by atoms with E-state index in [9.17, 15) is 32.4 Å². The molecular formula is C38H58NO13PS. The highest BCUT2D eigenvalue weighted by atomic mass is 32.2. The summed E-state index contributed by atoms with van der Waals surface area (Å²) in [6.07, 6.45) is 1.83. The number of benzene rings is 2. The maximum atomic E-state index is 13.1. The summed E-state index contributed by atoms with van der Waals surface area (Å²) >= 11 is 0. The first-order chi connectivity index (χ1) is 24.3. The first-order valence-electron chi connectivity index (χ1n) is 17.1. The molecule has 0 amide bonds. The Morgan fingerprint density at radius 1 is 0.741 bits per heavy atom. The zero-order chi connectivity index (χ0) is 37.8. The molecule has 2 aromatic rings. The lowest BCUT2D eigenvalue weighted by atomic mass is 10.0. The zero-order valence-electron chi connectivity index (χ0n) is 31.7. The highest BCUT2D eigenvalue weighted by Gasteiger charge is 2.27. The molecule has 0 radical (unpaired) electrons. The predicted molar refractivity (Wildman–Crippen MR) is 208 cm³/mol. The monoisotopic (exact) mass is 799 g/mol. The Morgan fingerprint density at radius 2 is 1.28 bits per heavy atom. The molecule has 0 spiro atoms. The summed E-state index contributed by atoms with van der Waals surface area (Å²) < 4.78 is 48.2. The molecule has 0 aromatic heterocycles. The first-order valence-corrected chi connectivity index (χ1v) is 18.8. The lowest BCUT2D eigenvalue weighted by molar-refractivity contribution is -0.162. The molecule has 2 rings (SSSR count). The normalized spacial score (nSPS) is 13.1. The Bertz CT molecular complexity index is 1570. The molecule has 6 N–H and O–H groups in total. The highest BCUT2D eigenvalue weighted by molar-refractivity contribution is 7.91. The second-order valence-electron chi connectivity index (χ2n) is 12.2. The molecule has 0 saturated heterocycles. The van der Waals surface area contributed by atoms with Crippen LogP contribution >= 0.6 is 9.90 Å². The van der Waals surface area contributed by atoms with Gasteiger partial charge in [-0.25, -0.2) is 13.2 Å². The van der Waals surface area contributed by atoms with Crippen molar-refractivity contribution in [2.24, 2.45) is 0 Å². The molecule has 5 atom stereocenters. The maximum absolute atomic E-state index is 13.1. The minimum Gasteiger partial charge on any atom is -0.478 e. The van der Waals surface area contributed by atoms with Crippen LogP contribution in [-0.4, -0.2) is 85.9 Å². The van der Waals surface area contributed by atoms with Gasteiger partial charge in [-0.05, 0) is 68.9 Å². The number of aromatic carboxylic acids is 1. The van der Waals surface area contributed by atoms with Crippen LogP contribution in [0.5, 0.6) is 0 Å². The van der Waals surface area contributed by atoms with Gasteiger partial charge in [-0.3, -0.25) is 19.2 Å². The van der Waals surface area contributed by atoms with Crippen LogP contribution in [0.1, 0.15) is 94.5 Å². The number of aryl methyl sites for hydroxylation is 1. The third-order valence-electron chi connectivity index (χ3n) is 7.95. The quantitative estimate of drug-likeness (QED) is 0.0598. The van der Waals surface area contributed by atoms with Crippen molar-refractivity contribution in [3.8, 4) is 0 Å². The number of methoxy groups -OCH3 is 1. The molecule has 0 fully saturated rings. The van der Waals surface area contributed by atoms with Crippen molar-refractivity contribution in [1.82, 2.24) is 6.15 Å². The number of hydrogen-bond donors (Lipinski definition) is 2. The summed E-state index contributed by atoms with van der Waals surface area (Å²) in [6.45, 7) is 5.09. The van der Waals surface area contributed by atoms with E-state index in [2.05, 4.69) is 0 Å². The fourth-order valence-corrected chi connectivity index (χ4v) is 6.50. The molecule has 16 heteroatoms. The molecule has 0 heterocycles. The van der Waals surface area contributed by atoms with Crippen LogP contribution in [0.4, 0.5) is 0 Å². The molecule has 0 aliphatic rings. The van der Waals surface area contributed by atoms with Gasteiger partial charge < -0.3 is 35.7 Å². The van der Waals surface area contributed by atoms with Gasteiger partial charge in [0.05, 0.1) is 41.6 Å². The summed E-state index contributed by atoms with van der Waals surface area (Å²) in [6, 6.07) is 14.1. The van der Waals surface area contributed by atoms with Crippen LogP contribution in [0.15, 0.2) is 71.6 Å². The van der Waals surface area contributed by atoms with Crippen LogP contribution in [0.25, 0.3) is 0 Å². The molecule has 0 aliphatic carbocycles. The fourth-order valence-electron chi connectivity index (χ4n) is 5.12. The van der Waals surface area contributed by atoms with Gasteiger partial charge in [0.25, 0.3) is 0 Å². The van der Waals surface area contributed by atoms with Crippen molar-refractivity contribution >= 4 is 49.4 Å². The topological polar surface area (TPSA) is 243 Å². The van der Waals surface area contributed by atoms with Crippen LogP contribution in [0.2, 0.25) is 0 Å². The van der Waals surface area contributed by atoms with Gasteiger partial charge in [0, 0.05) is 20.0 Å². The molecular weight excluding hydrogens is 741 g/mol. The van der Waals surface area contributed by atoms with E-state index in [0.717, 1.165) is 12.0 Å². The minimum atomic E-state index is -3.77. The van der Waals surface area contributed by atoms with Gasteiger partial charge in [-0.2, -0.15) is 9.90 Å². The smallest absolute Gasteiger partial charge is 0.335 e. The van der Waals surface area contributed by atoms with E-state index in [4.69, 9.17) is 24.1 Å². The zero-order valence-corrected chi connectivity index (χ0v) is 33.9. The predicted octanol–water partition coefficient (Wildman–Crippen LogP) is 5.24. The van der Waals surface area contributed by atoms with Crippen LogP contribution in [0, 0.1) is 0 Å². The number of carbonyl (C=O) groups excluding carboxylic acids is 4. The standard InChI is InChI=1S/C38H50O12S.H3N.H2O.H3P/c1-5-7-9-12-32(23-27(3)39)49-35(40)24-30(6-2)48-37(42)26-33(21-22-51(45,46)34-13-10-8-11-14-34)50-36(41)25-31(47-4)20-17-28-15-18-29(19-16-28)38(43)44;;;/h7-11,13-16,18-19,30-33H,5-6,12,17,20-26H2,1-4H3,(H,43,44);1H3;1H2;1H3. The van der Waals surface area contributed by atoms with E-state index >= 15 is 0 Å². The fraction of sp³-hybridized carbons (Fsp3) is 0.500. The van der Waals surface area contributed by atoms with E-state index in [1.54, 1.807) is 37.3 Å². The van der Waals surface area contributed by atoms with Crippen molar-refractivity contribution < 1.29 is 61.9 Å². The molecule has 2 aromatic carbocycles. The number of ketones is 1. The number of carboxylic acids is 1. The number of carbonyl (C=O) groups is 5. The van der Waals surface area contributed by atoms with Gasteiger partial charge in [-0.15, -0.1) is 0 Å². The van der Waals surface area contributed by atoms with Gasteiger partial charge in [0.1, 0.15) is 24.1 Å². The van der Waals surface area contributed by atoms with Gasteiger partial charge in [0.15, 0.2) is 9.84 Å². The van der Waals surface area contributed by atoms with E-state index in [-0.39, 0.29) is 69.9 Å². The summed E-state index contributed by atoms with van der Waals surface area (Å²) in [5.74, 6) is -3.70. The third-order valence-corrected chi connectivity index (χ3v) is 9.71. The van der Waals surface area contributed by atoms with Crippen molar-refractivity contribution in [1.29, 1.82) is 0 Å². The number of allylic oxidation sites excluding steroid dienone is 1. The average Bonchev–Trinajstić information content (AvgIpc) is 3.09. The summed E-state index contributed by atoms with van der Waals surface area (Å²) in [7, 11) is -2.33. The highest BCUT2D eigenvalue weighted by Crippen LogP contribution is 2.19.